The van der Waals surface area contributed by atoms with Gasteiger partial charge in [-0.1, -0.05) is 45.1 Å². The van der Waals surface area contributed by atoms with Crippen LogP contribution in [-0.4, -0.2) is 116 Å². The fraction of sp³-hybridized carbons (Fsp3) is 0.902. The monoisotopic (exact) mass is 835 g/mol. The van der Waals surface area contributed by atoms with E-state index in [9.17, 15) is 24.7 Å². The minimum Gasteiger partial charge on any atom is -0.463 e. The van der Waals surface area contributed by atoms with Gasteiger partial charge in [0.05, 0.1) is 0 Å². The summed E-state index contributed by atoms with van der Waals surface area (Å²) in [6.45, 7) is 9.44. The molecule has 0 aromatic heterocycles. The molecule has 0 radical (unpaired) electrons. The number of hydrogen-bond acceptors (Lipinski definition) is 16. The molecule has 7 fully saturated rings. The van der Waals surface area contributed by atoms with E-state index in [1.807, 2.05) is 0 Å². The van der Waals surface area contributed by atoms with E-state index in [0.29, 0.717) is 38.0 Å². The largest absolute Gasteiger partial charge is 0.509 e. The summed E-state index contributed by atoms with van der Waals surface area (Å²) in [5, 5.41) is 3.94. The molecule has 59 heavy (non-hydrogen) atoms. The molecule has 0 unspecified atom stereocenters. The minimum absolute atomic E-state index is 0.140. The summed E-state index contributed by atoms with van der Waals surface area (Å²) in [7, 11) is 0. The maximum absolute atomic E-state index is 14.2. The van der Waals surface area contributed by atoms with Gasteiger partial charge >= 0.3 is 24.1 Å². The summed E-state index contributed by atoms with van der Waals surface area (Å²) in [4.78, 5) is 54.2. The van der Waals surface area contributed by atoms with E-state index in [4.69, 9.17) is 52.1 Å². The lowest BCUT2D eigenvalue weighted by atomic mass is 9.75. The zero-order valence-electron chi connectivity index (χ0n) is 35.0. The fourth-order valence-electron chi connectivity index (χ4n) is 10.5. The number of nitrogens with zero attached hydrogens (tertiary/aromatic N) is 3. The van der Waals surface area contributed by atoms with Gasteiger partial charge in [0.1, 0.15) is 55.4 Å². The van der Waals surface area contributed by atoms with Crippen molar-refractivity contribution in [2.45, 2.75) is 210 Å². The lowest BCUT2D eigenvalue weighted by molar-refractivity contribution is -0.310. The number of rotatable bonds is 10. The first-order valence-electron chi connectivity index (χ1n) is 21.6. The highest BCUT2D eigenvalue weighted by Gasteiger charge is 2.69. The molecule has 2 spiro atoms. The average molecular weight is 836 g/mol. The van der Waals surface area contributed by atoms with Crippen LogP contribution in [0.5, 0.6) is 0 Å². The summed E-state index contributed by atoms with van der Waals surface area (Å²) in [5.41, 5.74) is 9.85. The van der Waals surface area contributed by atoms with E-state index in [-0.39, 0.29) is 17.9 Å². The Balaban J connectivity index is 1.28. The zero-order valence-corrected chi connectivity index (χ0v) is 35.0. The van der Waals surface area contributed by atoms with Crippen LogP contribution in [0.3, 0.4) is 0 Å². The molecule has 3 heterocycles. The summed E-state index contributed by atoms with van der Waals surface area (Å²) in [6, 6.07) is -1.46. The maximum atomic E-state index is 14.2. The molecule has 3 aliphatic heterocycles. The number of esters is 3. The molecule has 0 amide bonds. The highest BCUT2D eigenvalue weighted by Crippen LogP contribution is 2.53. The van der Waals surface area contributed by atoms with E-state index < -0.39 is 110 Å². The fourth-order valence-corrected chi connectivity index (χ4v) is 10.5. The number of ether oxygens (including phenoxy) is 11. The van der Waals surface area contributed by atoms with Crippen molar-refractivity contribution in [2.75, 3.05) is 6.61 Å². The predicted molar refractivity (Wildman–Crippen MR) is 202 cm³/mol. The molecule has 0 bridgehead atoms. The number of carbonyl (C=O) groups excluding carboxylic acids is 4. The predicted octanol–water partition coefficient (Wildman–Crippen LogP) is 6.09. The van der Waals surface area contributed by atoms with Gasteiger partial charge in [0, 0.05) is 51.4 Å². The quantitative estimate of drug-likeness (QED) is 0.0800. The molecular formula is C41H61N3O15. The van der Waals surface area contributed by atoms with Crippen molar-refractivity contribution >= 4 is 24.1 Å². The van der Waals surface area contributed by atoms with Gasteiger partial charge in [-0.05, 0) is 61.8 Å². The van der Waals surface area contributed by atoms with Crippen molar-refractivity contribution in [3.8, 4) is 0 Å². The van der Waals surface area contributed by atoms with Crippen molar-refractivity contribution in [2.24, 2.45) is 22.9 Å². The van der Waals surface area contributed by atoms with Gasteiger partial charge < -0.3 is 52.1 Å². The van der Waals surface area contributed by atoms with Crippen LogP contribution in [0.1, 0.15) is 125 Å². The molecule has 7 rings (SSSR count). The summed E-state index contributed by atoms with van der Waals surface area (Å²) in [5.74, 6) is -3.35. The van der Waals surface area contributed by atoms with Gasteiger partial charge in [0.25, 0.3) is 0 Å². The molecule has 7 aliphatic rings. The van der Waals surface area contributed by atoms with Crippen molar-refractivity contribution in [3.63, 3.8) is 0 Å². The molecule has 4 aliphatic carbocycles. The van der Waals surface area contributed by atoms with E-state index in [1.165, 1.54) is 6.92 Å². The van der Waals surface area contributed by atoms with Gasteiger partial charge in [-0.3, -0.25) is 14.4 Å². The van der Waals surface area contributed by atoms with Crippen LogP contribution in [0.15, 0.2) is 5.11 Å². The van der Waals surface area contributed by atoms with Gasteiger partial charge in [-0.2, -0.15) is 0 Å². The van der Waals surface area contributed by atoms with Crippen LogP contribution in [0.25, 0.3) is 10.4 Å². The lowest BCUT2D eigenvalue weighted by Crippen LogP contribution is -2.67. The first-order chi connectivity index (χ1) is 28.2. The Kier molecular flexibility index (Phi) is 13.7. The number of azide groups is 1. The molecule has 14 atom stereocenters. The van der Waals surface area contributed by atoms with Crippen LogP contribution >= 0.6 is 0 Å². The third kappa shape index (κ3) is 9.63. The van der Waals surface area contributed by atoms with Crippen molar-refractivity contribution in [3.05, 3.63) is 10.4 Å². The van der Waals surface area contributed by atoms with Crippen LogP contribution in [-0.2, 0) is 66.5 Å². The second-order valence-electron chi connectivity index (χ2n) is 17.9. The second-order valence-corrected chi connectivity index (χ2v) is 17.9. The Bertz CT molecular complexity index is 1580. The molecule has 330 valence electrons. The van der Waals surface area contributed by atoms with Crippen molar-refractivity contribution in [1.82, 2.24) is 0 Å². The minimum atomic E-state index is -1.56. The average Bonchev–Trinajstić information content (AvgIpc) is 3.72. The zero-order chi connectivity index (χ0) is 42.1. The molecule has 0 aromatic carbocycles. The van der Waals surface area contributed by atoms with Crippen molar-refractivity contribution < 1.29 is 71.3 Å². The summed E-state index contributed by atoms with van der Waals surface area (Å²) < 4.78 is 70.0. The van der Waals surface area contributed by atoms with Crippen molar-refractivity contribution in [1.29, 1.82) is 0 Å². The van der Waals surface area contributed by atoms with Gasteiger partial charge in [-0.25, -0.2) is 4.79 Å². The first-order valence-corrected chi connectivity index (χ1v) is 21.6. The Morgan fingerprint density at radius 3 is 1.81 bits per heavy atom. The molecule has 4 saturated carbocycles. The smallest absolute Gasteiger partial charge is 0.463 e. The van der Waals surface area contributed by atoms with E-state index in [0.717, 1.165) is 65.2 Å². The van der Waals surface area contributed by atoms with Gasteiger partial charge in [0.15, 0.2) is 36.2 Å². The summed E-state index contributed by atoms with van der Waals surface area (Å²) in [6.07, 6.45) is -1.97. The Labute approximate surface area is 344 Å². The SMILES string of the molecule is CC(=O)OC[C@H]1O[C@H](O[C@H]2[C@H](OC(=O)O[C@@H]3C[C@H](C)CC[C@H]3C(C)C)[C@@H]3OC4(CCCCC4)O[C@@H]3[C@H]3OC4(CCCCC4)O[C@H]23)[C@H](N=[N+]=[N-])[C@@H](OC(C)=O)[C@@H]1OC(C)=O. The topological polar surface area (TPSA) is 219 Å². The Morgan fingerprint density at radius 1 is 0.712 bits per heavy atom. The Morgan fingerprint density at radius 2 is 1.27 bits per heavy atom. The molecule has 18 nitrogen and oxygen atoms in total. The second kappa shape index (κ2) is 18.4. The van der Waals surface area contributed by atoms with E-state index in [1.54, 1.807) is 0 Å². The third-order valence-electron chi connectivity index (χ3n) is 13.2. The van der Waals surface area contributed by atoms with Gasteiger partial charge in [-0.15, -0.1) is 0 Å². The molecule has 18 heteroatoms. The molecule has 0 aromatic rings. The first kappa shape index (κ1) is 43.8. The molecule has 3 saturated heterocycles. The molecular weight excluding hydrogens is 774 g/mol. The lowest BCUT2D eigenvalue weighted by Gasteiger charge is -2.47. The van der Waals surface area contributed by atoms with Crippen LogP contribution in [0.2, 0.25) is 0 Å². The maximum Gasteiger partial charge on any atom is 0.509 e. The summed E-state index contributed by atoms with van der Waals surface area (Å²) >= 11 is 0. The number of carbonyl (C=O) groups is 4. The third-order valence-corrected chi connectivity index (χ3v) is 13.2. The van der Waals surface area contributed by atoms with Crippen LogP contribution < -0.4 is 0 Å². The normalized spacial score (nSPS) is 39.6. The standard InChI is InChI=1S/C41H61N3O15/c1-21(2)26-14-13-22(3)19-27(26)53-39(48)55-33-32(54-38-29(43-44-42)31(51-25(6)47)30(50-24(5)46)28(52-38)20-49-23(4)45)34-36(58-40(56-34)15-9-7-10-16-40)37-35(33)57-41(59-37)17-11-8-12-18-41/h21-22,26-38H,7-20H2,1-6H3/t22-,26+,27-,28-,29-,30-,31-,32+,33+,34-,35+,36+,37+,38-/m1/s1. The van der Waals surface area contributed by atoms with E-state index in [2.05, 4.69) is 30.8 Å². The van der Waals surface area contributed by atoms with Crippen LogP contribution in [0, 0.1) is 17.8 Å². The van der Waals surface area contributed by atoms with Crippen LogP contribution in [0.4, 0.5) is 4.79 Å². The molecule has 0 N–H and O–H groups in total. The highest BCUT2D eigenvalue weighted by molar-refractivity contribution is 5.68. The van der Waals surface area contributed by atoms with E-state index >= 15 is 0 Å². The Hall–Kier alpha value is -3.25. The number of fused-ring (bicyclic) bond motifs is 3. The highest BCUT2D eigenvalue weighted by atomic mass is 16.8. The van der Waals surface area contributed by atoms with Gasteiger partial charge in [0.2, 0.25) is 0 Å². The number of hydrogen-bond donors (Lipinski definition) is 0.